The van der Waals surface area contributed by atoms with Crippen LogP contribution in [0.1, 0.15) is 30.1 Å². The van der Waals surface area contributed by atoms with Crippen LogP contribution in [-0.2, 0) is 14.3 Å². The molecule has 24 heavy (non-hydrogen) atoms. The number of halogens is 3. The third-order valence-electron chi connectivity index (χ3n) is 3.29. The highest BCUT2D eigenvalue weighted by molar-refractivity contribution is 5.94. The van der Waals surface area contributed by atoms with Crippen molar-refractivity contribution in [3.8, 4) is 0 Å². The van der Waals surface area contributed by atoms with Gasteiger partial charge in [0, 0.05) is 26.3 Å². The van der Waals surface area contributed by atoms with Crippen LogP contribution in [0, 0.1) is 17.5 Å². The highest BCUT2D eigenvalue weighted by Crippen LogP contribution is 2.17. The van der Waals surface area contributed by atoms with Gasteiger partial charge in [-0.05, 0) is 25.5 Å². The minimum absolute atomic E-state index is 0.0317. The molecule has 0 aromatic heterocycles. The average Bonchev–Trinajstić information content (AvgIpc) is 2.58. The summed E-state index contributed by atoms with van der Waals surface area (Å²) >= 11 is 0. The van der Waals surface area contributed by atoms with Gasteiger partial charge in [-0.2, -0.15) is 0 Å². The summed E-state index contributed by atoms with van der Waals surface area (Å²) in [5.74, 6) is -5.99. The van der Waals surface area contributed by atoms with Gasteiger partial charge in [0.15, 0.2) is 17.5 Å². The molecule has 1 aromatic carbocycles. The lowest BCUT2D eigenvalue weighted by Gasteiger charge is -2.22. The Morgan fingerprint density at radius 3 is 2.46 bits per heavy atom. The standard InChI is InChI=1S/C16H20F3NO4/c1-3-24-10-4-8-20(9-7-13(21)23-2)16(22)11-5-6-12(17)15(19)14(11)18/h5-6H,3-4,7-10H2,1-2H3. The molecule has 8 heteroatoms. The van der Waals surface area contributed by atoms with Crippen LogP contribution in [0.4, 0.5) is 13.2 Å². The number of hydrogen-bond donors (Lipinski definition) is 0. The van der Waals surface area contributed by atoms with E-state index in [9.17, 15) is 22.8 Å². The molecule has 0 bridgehead atoms. The number of hydrogen-bond acceptors (Lipinski definition) is 4. The Bertz CT molecular complexity index is 581. The SMILES string of the molecule is CCOCCCN(CCC(=O)OC)C(=O)c1ccc(F)c(F)c1F. The van der Waals surface area contributed by atoms with Crippen molar-refractivity contribution >= 4 is 11.9 Å². The molecule has 0 fully saturated rings. The Labute approximate surface area is 138 Å². The number of esters is 1. The van der Waals surface area contributed by atoms with Crippen LogP contribution in [0.2, 0.25) is 0 Å². The number of nitrogens with zero attached hydrogens (tertiary/aromatic N) is 1. The molecule has 0 atom stereocenters. The van der Waals surface area contributed by atoms with Crippen LogP contribution in [0.25, 0.3) is 0 Å². The maximum Gasteiger partial charge on any atom is 0.307 e. The normalized spacial score (nSPS) is 10.5. The average molecular weight is 347 g/mol. The second kappa shape index (κ2) is 9.92. The van der Waals surface area contributed by atoms with E-state index in [0.717, 1.165) is 6.07 Å². The zero-order valence-electron chi connectivity index (χ0n) is 13.6. The zero-order valence-corrected chi connectivity index (χ0v) is 13.6. The number of ether oxygens (including phenoxy) is 2. The third-order valence-corrected chi connectivity index (χ3v) is 3.29. The zero-order chi connectivity index (χ0) is 18.1. The van der Waals surface area contributed by atoms with E-state index in [1.54, 1.807) is 0 Å². The minimum Gasteiger partial charge on any atom is -0.469 e. The first-order valence-corrected chi connectivity index (χ1v) is 7.49. The number of carbonyl (C=O) groups is 2. The molecular weight excluding hydrogens is 327 g/mol. The number of carbonyl (C=O) groups excluding carboxylic acids is 2. The van der Waals surface area contributed by atoms with Gasteiger partial charge in [-0.15, -0.1) is 0 Å². The summed E-state index contributed by atoms with van der Waals surface area (Å²) in [5, 5.41) is 0. The van der Waals surface area contributed by atoms with Gasteiger partial charge >= 0.3 is 5.97 Å². The lowest BCUT2D eigenvalue weighted by Crippen LogP contribution is -2.35. The molecule has 0 N–H and O–H groups in total. The summed E-state index contributed by atoms with van der Waals surface area (Å²) in [5.41, 5.74) is -0.588. The molecule has 0 heterocycles. The molecule has 1 amide bonds. The molecule has 0 radical (unpaired) electrons. The van der Waals surface area contributed by atoms with Crippen molar-refractivity contribution in [2.24, 2.45) is 0 Å². The number of benzene rings is 1. The lowest BCUT2D eigenvalue weighted by molar-refractivity contribution is -0.140. The molecule has 0 spiro atoms. The topological polar surface area (TPSA) is 55.8 Å². The van der Waals surface area contributed by atoms with Gasteiger partial charge in [0.25, 0.3) is 5.91 Å². The summed E-state index contributed by atoms with van der Waals surface area (Å²) in [6, 6.07) is 1.56. The van der Waals surface area contributed by atoms with Gasteiger partial charge in [-0.25, -0.2) is 13.2 Å². The van der Waals surface area contributed by atoms with Crippen molar-refractivity contribution in [2.75, 3.05) is 33.4 Å². The maximum atomic E-state index is 13.8. The lowest BCUT2D eigenvalue weighted by atomic mass is 10.1. The van der Waals surface area contributed by atoms with E-state index >= 15 is 0 Å². The van der Waals surface area contributed by atoms with Crippen molar-refractivity contribution < 1.29 is 32.2 Å². The molecule has 0 unspecified atom stereocenters. The van der Waals surface area contributed by atoms with E-state index in [2.05, 4.69) is 4.74 Å². The van der Waals surface area contributed by atoms with Crippen LogP contribution in [0.3, 0.4) is 0 Å². The van der Waals surface area contributed by atoms with Crippen molar-refractivity contribution in [3.05, 3.63) is 35.1 Å². The number of rotatable bonds is 9. The van der Waals surface area contributed by atoms with E-state index in [0.29, 0.717) is 25.7 Å². The van der Waals surface area contributed by atoms with Gasteiger partial charge in [0.05, 0.1) is 19.1 Å². The Kier molecular flexibility index (Phi) is 8.25. The predicted octanol–water partition coefficient (Wildman–Crippen LogP) is 2.54. The molecule has 1 rings (SSSR count). The summed E-state index contributed by atoms with van der Waals surface area (Å²) in [4.78, 5) is 24.8. The van der Waals surface area contributed by atoms with Gasteiger partial charge in [-0.3, -0.25) is 9.59 Å². The Morgan fingerprint density at radius 1 is 1.12 bits per heavy atom. The Balaban J connectivity index is 2.89. The number of methoxy groups -OCH3 is 1. The summed E-state index contributed by atoms with van der Waals surface area (Å²) in [6.45, 7) is 2.84. The molecule has 0 aliphatic carbocycles. The summed E-state index contributed by atoms with van der Waals surface area (Å²) in [6.07, 6.45) is 0.355. The van der Waals surface area contributed by atoms with Crippen LogP contribution in [0.15, 0.2) is 12.1 Å². The Hall–Kier alpha value is -2.09. The molecule has 0 aliphatic heterocycles. The van der Waals surface area contributed by atoms with E-state index in [4.69, 9.17) is 4.74 Å². The van der Waals surface area contributed by atoms with Crippen LogP contribution < -0.4 is 0 Å². The fraction of sp³-hybridized carbons (Fsp3) is 0.500. The monoisotopic (exact) mass is 347 g/mol. The molecule has 5 nitrogen and oxygen atoms in total. The Morgan fingerprint density at radius 2 is 1.83 bits per heavy atom. The van der Waals surface area contributed by atoms with Gasteiger partial charge in [0.2, 0.25) is 0 Å². The van der Waals surface area contributed by atoms with Crippen molar-refractivity contribution in [2.45, 2.75) is 19.8 Å². The summed E-state index contributed by atoms with van der Waals surface area (Å²) in [7, 11) is 1.21. The second-order valence-corrected chi connectivity index (χ2v) is 4.89. The molecule has 0 aliphatic rings. The van der Waals surface area contributed by atoms with Gasteiger partial charge < -0.3 is 14.4 Å². The first-order valence-electron chi connectivity index (χ1n) is 7.49. The van der Waals surface area contributed by atoms with Crippen molar-refractivity contribution in [1.29, 1.82) is 0 Å². The second-order valence-electron chi connectivity index (χ2n) is 4.89. The molecule has 1 aromatic rings. The third kappa shape index (κ3) is 5.52. The van der Waals surface area contributed by atoms with Gasteiger partial charge in [-0.1, -0.05) is 0 Å². The highest BCUT2D eigenvalue weighted by atomic mass is 19.2. The maximum absolute atomic E-state index is 13.8. The fourth-order valence-corrected chi connectivity index (χ4v) is 2.01. The summed E-state index contributed by atoms with van der Waals surface area (Å²) < 4.78 is 49.8. The number of amides is 1. The highest BCUT2D eigenvalue weighted by Gasteiger charge is 2.23. The fourth-order valence-electron chi connectivity index (χ4n) is 2.01. The first-order chi connectivity index (χ1) is 11.4. The van der Waals surface area contributed by atoms with Crippen molar-refractivity contribution in [3.63, 3.8) is 0 Å². The smallest absolute Gasteiger partial charge is 0.307 e. The van der Waals surface area contributed by atoms with E-state index < -0.39 is 34.9 Å². The molecule has 134 valence electrons. The first kappa shape index (κ1) is 20.0. The largest absolute Gasteiger partial charge is 0.469 e. The van der Waals surface area contributed by atoms with Gasteiger partial charge in [0.1, 0.15) is 0 Å². The predicted molar refractivity (Wildman–Crippen MR) is 80.0 cm³/mol. The quantitative estimate of drug-likeness (QED) is 0.391. The minimum atomic E-state index is -1.71. The van der Waals surface area contributed by atoms with E-state index in [-0.39, 0.29) is 19.5 Å². The van der Waals surface area contributed by atoms with E-state index in [1.165, 1.54) is 12.0 Å². The molecular formula is C16H20F3NO4. The van der Waals surface area contributed by atoms with E-state index in [1.807, 2.05) is 6.92 Å². The molecule has 0 saturated carbocycles. The molecule has 0 saturated heterocycles. The van der Waals surface area contributed by atoms with Crippen molar-refractivity contribution in [1.82, 2.24) is 4.90 Å². The van der Waals surface area contributed by atoms with Crippen LogP contribution in [-0.4, -0.2) is 50.2 Å². The van der Waals surface area contributed by atoms with Crippen LogP contribution >= 0.6 is 0 Å². The van der Waals surface area contributed by atoms with Crippen LogP contribution in [0.5, 0.6) is 0 Å².